The van der Waals surface area contributed by atoms with Gasteiger partial charge in [0.25, 0.3) is 0 Å². The number of ether oxygens (including phenoxy) is 2. The molecule has 3 aromatic carbocycles. The number of alkyl halides is 3. The van der Waals surface area contributed by atoms with E-state index in [9.17, 15) is 37.1 Å². The van der Waals surface area contributed by atoms with Gasteiger partial charge in [0, 0.05) is 16.5 Å². The summed E-state index contributed by atoms with van der Waals surface area (Å²) in [7, 11) is 1.50. The molecule has 15 heteroatoms. The highest BCUT2D eigenvalue weighted by Crippen LogP contribution is 2.54. The average molecular weight is 698 g/mol. The Morgan fingerprint density at radius 3 is 2.31 bits per heavy atom. The minimum absolute atomic E-state index is 0.100. The summed E-state index contributed by atoms with van der Waals surface area (Å²) in [5.74, 6) is -3.45. The zero-order valence-electron chi connectivity index (χ0n) is 25.3. The van der Waals surface area contributed by atoms with Crippen LogP contribution < -0.4 is 19.8 Å². The lowest BCUT2D eigenvalue weighted by Gasteiger charge is -2.30. The van der Waals surface area contributed by atoms with Gasteiger partial charge in [-0.15, -0.1) is 0 Å². The summed E-state index contributed by atoms with van der Waals surface area (Å²) in [4.78, 5) is 67.7. The fourth-order valence-electron chi connectivity index (χ4n) is 5.76. The summed E-state index contributed by atoms with van der Waals surface area (Å²) in [5.41, 5.74) is 0.0885. The van der Waals surface area contributed by atoms with Gasteiger partial charge >= 0.3 is 17.0 Å². The van der Waals surface area contributed by atoms with Gasteiger partial charge in [-0.1, -0.05) is 41.3 Å². The second kappa shape index (κ2) is 13.0. The molecule has 10 nitrogen and oxygen atoms in total. The van der Waals surface area contributed by atoms with Crippen molar-refractivity contribution in [1.29, 1.82) is 0 Å². The summed E-state index contributed by atoms with van der Waals surface area (Å²) in [5, 5.41) is 1.75. The second-order valence-corrected chi connectivity index (χ2v) is 13.0. The molecule has 6 rings (SSSR count). The van der Waals surface area contributed by atoms with Crippen molar-refractivity contribution < 1.29 is 41.8 Å². The molecule has 1 saturated heterocycles. The fraction of sp³-hybridized carbons (Fsp3) is 0.242. The van der Waals surface area contributed by atoms with E-state index >= 15 is 0 Å². The molecule has 1 fully saturated rings. The lowest BCUT2D eigenvalue weighted by atomic mass is 9.83. The van der Waals surface area contributed by atoms with Gasteiger partial charge in [0.05, 0.1) is 41.5 Å². The minimum Gasteiger partial charge on any atom is -0.497 e. The van der Waals surface area contributed by atoms with E-state index in [-0.39, 0.29) is 23.5 Å². The quantitative estimate of drug-likeness (QED) is 0.188. The van der Waals surface area contributed by atoms with Crippen LogP contribution in [0.3, 0.4) is 0 Å². The lowest BCUT2D eigenvalue weighted by Crippen LogP contribution is -2.33. The van der Waals surface area contributed by atoms with E-state index < -0.39 is 63.9 Å². The van der Waals surface area contributed by atoms with Crippen molar-refractivity contribution in [2.24, 2.45) is 5.92 Å². The van der Waals surface area contributed by atoms with Crippen LogP contribution >= 0.6 is 23.1 Å². The topological polar surface area (TPSA) is 124 Å². The van der Waals surface area contributed by atoms with Gasteiger partial charge < -0.3 is 14.8 Å². The molecule has 3 amide bonds. The Kier molecular flexibility index (Phi) is 8.92. The number of hydrogen-bond acceptors (Lipinski definition) is 9. The molecule has 3 atom stereocenters. The van der Waals surface area contributed by atoms with Gasteiger partial charge in [0.1, 0.15) is 17.5 Å². The number of fused-ring (bicyclic) bond motifs is 2. The van der Waals surface area contributed by atoms with E-state index in [4.69, 9.17) is 9.47 Å². The lowest BCUT2D eigenvalue weighted by molar-refractivity contribution is -0.137. The van der Waals surface area contributed by atoms with Crippen molar-refractivity contribution in [2.45, 2.75) is 35.8 Å². The molecular formula is C33H26F3N3O7S2. The number of carbonyl (C=O) groups is 4. The van der Waals surface area contributed by atoms with Crippen LogP contribution in [0.2, 0.25) is 0 Å². The van der Waals surface area contributed by atoms with Crippen molar-refractivity contribution >= 4 is 58.2 Å². The SMILES string of the molecule is CCOC(=O)c1ccc(N2C(=O)[C@H]3[C@H](c4ccc(OC)cc4)c4sc(=O)n(CC(=O)Nc5cccc(C(F)(F)F)c5)c4S[C@H]3C2=O)cc1. The monoisotopic (exact) mass is 697 g/mol. The zero-order chi connectivity index (χ0) is 34.3. The van der Waals surface area contributed by atoms with Crippen LogP contribution in [0.4, 0.5) is 24.5 Å². The predicted octanol–water partition coefficient (Wildman–Crippen LogP) is 5.55. The third-order valence-electron chi connectivity index (χ3n) is 7.94. The Morgan fingerprint density at radius 1 is 0.958 bits per heavy atom. The van der Waals surface area contributed by atoms with Crippen LogP contribution in [0, 0.1) is 5.92 Å². The number of amides is 3. The molecule has 0 aliphatic carbocycles. The van der Waals surface area contributed by atoms with Crippen LogP contribution in [-0.4, -0.2) is 47.2 Å². The zero-order valence-corrected chi connectivity index (χ0v) is 26.9. The minimum atomic E-state index is -4.62. The van der Waals surface area contributed by atoms with Crippen molar-refractivity contribution in [3.05, 3.63) is 104 Å². The molecule has 0 saturated carbocycles. The van der Waals surface area contributed by atoms with Gasteiger partial charge in [0.15, 0.2) is 0 Å². The normalized spacial score (nSPS) is 18.7. The maximum Gasteiger partial charge on any atom is 0.416 e. The molecule has 0 spiro atoms. The van der Waals surface area contributed by atoms with E-state index in [1.165, 1.54) is 42.0 Å². The predicted molar refractivity (Wildman–Crippen MR) is 172 cm³/mol. The van der Waals surface area contributed by atoms with E-state index in [1.807, 2.05) is 0 Å². The number of hydrogen-bond donors (Lipinski definition) is 1. The van der Waals surface area contributed by atoms with Crippen LogP contribution in [0.5, 0.6) is 5.75 Å². The standard InChI is InChI=1S/C33H26F3N3O7S2/c1-3-46-31(43)18-7-11-21(12-8-18)39-28(41)25-24(17-9-13-22(45-2)14-10-17)27-30(47-26(25)29(39)42)38(32(44)48-27)16-23(40)37-20-6-4-5-19(15-20)33(34,35)36/h4-15,24-26H,3,16H2,1-2H3,(H,37,40)/t24-,25-,26+/m0/s1. The smallest absolute Gasteiger partial charge is 0.416 e. The molecule has 3 heterocycles. The highest BCUT2D eigenvalue weighted by molar-refractivity contribution is 8.00. The largest absolute Gasteiger partial charge is 0.497 e. The number of anilines is 2. The number of benzene rings is 3. The third kappa shape index (κ3) is 6.10. The van der Waals surface area contributed by atoms with Gasteiger partial charge in [-0.05, 0) is 67.1 Å². The maximum atomic E-state index is 14.1. The Bertz CT molecular complexity index is 1970. The van der Waals surface area contributed by atoms with Crippen molar-refractivity contribution in [3.63, 3.8) is 0 Å². The summed E-state index contributed by atoms with van der Waals surface area (Å²) in [6.45, 7) is 1.31. The molecule has 4 aromatic rings. The molecule has 0 radical (unpaired) electrons. The van der Waals surface area contributed by atoms with Crippen LogP contribution in [-0.2, 0) is 31.8 Å². The van der Waals surface area contributed by atoms with Crippen LogP contribution in [0.25, 0.3) is 0 Å². The Hall–Kier alpha value is -4.89. The Morgan fingerprint density at radius 2 is 1.67 bits per heavy atom. The average Bonchev–Trinajstić information content (AvgIpc) is 3.50. The highest BCUT2D eigenvalue weighted by atomic mass is 32.2. The molecular weight excluding hydrogens is 672 g/mol. The first-order valence-electron chi connectivity index (χ1n) is 14.6. The number of methoxy groups -OCH3 is 1. The van der Waals surface area contributed by atoms with Crippen molar-refractivity contribution in [2.75, 3.05) is 23.9 Å². The first-order chi connectivity index (χ1) is 22.9. The third-order valence-corrected chi connectivity index (χ3v) is 10.5. The highest BCUT2D eigenvalue weighted by Gasteiger charge is 2.56. The number of thiazole rings is 1. The number of carbonyl (C=O) groups excluding carboxylic acids is 4. The second-order valence-electron chi connectivity index (χ2n) is 10.8. The molecule has 0 unspecified atom stereocenters. The molecule has 1 N–H and O–H groups in total. The van der Waals surface area contributed by atoms with Gasteiger partial charge in [-0.2, -0.15) is 13.2 Å². The summed E-state index contributed by atoms with van der Waals surface area (Å²) in [6, 6.07) is 16.9. The number of esters is 1. The molecule has 48 heavy (non-hydrogen) atoms. The number of imide groups is 1. The van der Waals surface area contributed by atoms with E-state index in [2.05, 4.69) is 5.32 Å². The number of nitrogens with one attached hydrogen (secondary N) is 1. The van der Waals surface area contributed by atoms with Crippen molar-refractivity contribution in [1.82, 2.24) is 4.57 Å². The number of nitrogens with zero attached hydrogens (tertiary/aromatic N) is 2. The number of rotatable bonds is 8. The molecule has 0 bridgehead atoms. The fourth-order valence-corrected chi connectivity index (χ4v) is 8.53. The van der Waals surface area contributed by atoms with Gasteiger partial charge in [0.2, 0.25) is 17.7 Å². The molecule has 2 aliphatic rings. The van der Waals surface area contributed by atoms with Gasteiger partial charge in [-0.3, -0.25) is 23.7 Å². The molecule has 248 valence electrons. The van der Waals surface area contributed by atoms with Gasteiger partial charge in [-0.25, -0.2) is 9.69 Å². The molecule has 1 aromatic heterocycles. The van der Waals surface area contributed by atoms with Crippen molar-refractivity contribution in [3.8, 4) is 5.75 Å². The summed E-state index contributed by atoms with van der Waals surface area (Å²) >= 11 is 1.83. The first kappa shape index (κ1) is 33.0. The number of thioether (sulfide) groups is 1. The van der Waals surface area contributed by atoms with E-state index in [1.54, 1.807) is 31.2 Å². The number of halogens is 3. The number of aromatic nitrogens is 1. The van der Waals surface area contributed by atoms with Crippen LogP contribution in [0.15, 0.2) is 82.6 Å². The van der Waals surface area contributed by atoms with Crippen LogP contribution in [0.1, 0.15) is 39.2 Å². The Balaban J connectivity index is 1.35. The first-order valence-corrected chi connectivity index (χ1v) is 16.3. The molecule has 2 aliphatic heterocycles. The summed E-state index contributed by atoms with van der Waals surface area (Å²) < 4.78 is 51.1. The maximum absolute atomic E-state index is 14.1. The summed E-state index contributed by atoms with van der Waals surface area (Å²) in [6.07, 6.45) is -4.62. The van der Waals surface area contributed by atoms with E-state index in [0.717, 1.165) is 46.2 Å². The van der Waals surface area contributed by atoms with E-state index in [0.29, 0.717) is 21.2 Å². The Labute approximate surface area is 279 Å².